The number of nitrogens with zero attached hydrogens (tertiary/aromatic N) is 5. The van der Waals surface area contributed by atoms with Crippen molar-refractivity contribution in [2.45, 2.75) is 52.1 Å². The van der Waals surface area contributed by atoms with Crippen LogP contribution in [0.25, 0.3) is 5.69 Å². The van der Waals surface area contributed by atoms with Crippen LogP contribution in [0.15, 0.2) is 54.7 Å². The van der Waals surface area contributed by atoms with E-state index in [1.807, 2.05) is 65.0 Å². The highest BCUT2D eigenvalue weighted by Crippen LogP contribution is 2.44. The Labute approximate surface area is 200 Å². The van der Waals surface area contributed by atoms with Gasteiger partial charge in [-0.05, 0) is 49.9 Å². The van der Waals surface area contributed by atoms with Crippen LogP contribution in [-0.2, 0) is 11.2 Å². The van der Waals surface area contributed by atoms with Gasteiger partial charge in [-0.25, -0.2) is 4.68 Å². The third kappa shape index (κ3) is 3.89. The lowest BCUT2D eigenvalue weighted by Crippen LogP contribution is -2.49. The number of para-hydroxylation sites is 1. The summed E-state index contributed by atoms with van der Waals surface area (Å²) in [6.07, 6.45) is 3.60. The summed E-state index contributed by atoms with van der Waals surface area (Å²) in [6.45, 7) is 7.66. The van der Waals surface area contributed by atoms with Crippen molar-refractivity contribution in [3.63, 3.8) is 0 Å². The smallest absolute Gasteiger partial charge is 0.273 e. The SMILES string of the molecule is Cc1nn(-c2ccccc2)c2c1C(C(C)C)N(C1CCN(C(=O)Cc3ccccn3)CC1)C2=O. The Morgan fingerprint density at radius 2 is 1.76 bits per heavy atom. The maximum atomic E-state index is 13.9. The summed E-state index contributed by atoms with van der Waals surface area (Å²) in [7, 11) is 0. The van der Waals surface area contributed by atoms with Gasteiger partial charge < -0.3 is 9.80 Å². The molecule has 1 aromatic carbocycles. The van der Waals surface area contributed by atoms with Crippen LogP contribution in [0.1, 0.15) is 60.2 Å². The summed E-state index contributed by atoms with van der Waals surface area (Å²) >= 11 is 0. The molecule has 0 saturated carbocycles. The number of pyridine rings is 1. The van der Waals surface area contributed by atoms with Crippen LogP contribution in [-0.4, -0.2) is 55.5 Å². The number of aryl methyl sites for hydroxylation is 1. The van der Waals surface area contributed by atoms with Crippen molar-refractivity contribution in [1.29, 1.82) is 0 Å². The van der Waals surface area contributed by atoms with Gasteiger partial charge in [-0.1, -0.05) is 38.1 Å². The number of piperidine rings is 1. The lowest BCUT2D eigenvalue weighted by molar-refractivity contribution is -0.132. The standard InChI is InChI=1S/C27H31N5O2/c1-18(2)25-24-19(3)29-32(22-10-5-4-6-11-22)26(24)27(34)31(25)21-12-15-30(16-13-21)23(33)17-20-9-7-8-14-28-20/h4-11,14,18,21,25H,12-13,15-17H2,1-3H3. The molecule has 0 spiro atoms. The summed E-state index contributed by atoms with van der Waals surface area (Å²) in [5.74, 6) is 0.418. The Balaban J connectivity index is 1.36. The fourth-order valence-electron chi connectivity index (χ4n) is 5.45. The number of aromatic nitrogens is 3. The maximum absolute atomic E-state index is 13.9. The molecule has 2 aliphatic rings. The monoisotopic (exact) mass is 457 g/mol. The predicted molar refractivity (Wildman–Crippen MR) is 130 cm³/mol. The molecule has 1 atom stereocenters. The van der Waals surface area contributed by atoms with Crippen LogP contribution in [0, 0.1) is 12.8 Å². The molecule has 1 saturated heterocycles. The van der Waals surface area contributed by atoms with Crippen molar-refractivity contribution >= 4 is 11.8 Å². The second-order valence-corrected chi connectivity index (χ2v) is 9.61. The Morgan fingerprint density at radius 1 is 1.06 bits per heavy atom. The average Bonchev–Trinajstić information content (AvgIpc) is 3.35. The minimum absolute atomic E-state index is 0.000678. The minimum atomic E-state index is 0.000678. The molecule has 2 amide bonds. The largest absolute Gasteiger partial charge is 0.342 e. The van der Waals surface area contributed by atoms with E-state index in [4.69, 9.17) is 5.10 Å². The van der Waals surface area contributed by atoms with Gasteiger partial charge in [0.15, 0.2) is 0 Å². The van der Waals surface area contributed by atoms with Gasteiger partial charge in [-0.3, -0.25) is 14.6 Å². The molecule has 0 N–H and O–H groups in total. The summed E-state index contributed by atoms with van der Waals surface area (Å²) in [5.41, 5.74) is 4.35. The predicted octanol–water partition coefficient (Wildman–Crippen LogP) is 3.96. The second-order valence-electron chi connectivity index (χ2n) is 9.61. The number of hydrogen-bond donors (Lipinski definition) is 0. The topological polar surface area (TPSA) is 71.3 Å². The van der Waals surface area contributed by atoms with E-state index in [9.17, 15) is 9.59 Å². The zero-order valence-corrected chi connectivity index (χ0v) is 20.0. The molecule has 0 aliphatic carbocycles. The van der Waals surface area contributed by atoms with Crippen LogP contribution in [0.3, 0.4) is 0 Å². The first kappa shape index (κ1) is 22.3. The summed E-state index contributed by atoms with van der Waals surface area (Å²) in [4.78, 5) is 34.9. The fourth-order valence-corrected chi connectivity index (χ4v) is 5.45. The van der Waals surface area contributed by atoms with Crippen molar-refractivity contribution in [3.8, 4) is 5.69 Å². The molecule has 34 heavy (non-hydrogen) atoms. The van der Waals surface area contributed by atoms with E-state index in [0.717, 1.165) is 35.5 Å². The highest BCUT2D eigenvalue weighted by Gasteiger charge is 2.47. The normalized spacial score (nSPS) is 18.6. The molecule has 7 nitrogen and oxygen atoms in total. The summed E-state index contributed by atoms with van der Waals surface area (Å²) in [6, 6.07) is 15.6. The number of hydrogen-bond acceptors (Lipinski definition) is 4. The van der Waals surface area contributed by atoms with E-state index in [0.29, 0.717) is 25.2 Å². The van der Waals surface area contributed by atoms with E-state index < -0.39 is 0 Å². The fraction of sp³-hybridized carbons (Fsp3) is 0.407. The Bertz CT molecular complexity index is 1180. The summed E-state index contributed by atoms with van der Waals surface area (Å²) < 4.78 is 1.81. The second kappa shape index (κ2) is 9.05. The molecule has 4 heterocycles. The number of benzene rings is 1. The zero-order valence-electron chi connectivity index (χ0n) is 20.0. The first-order valence-corrected chi connectivity index (χ1v) is 12.1. The highest BCUT2D eigenvalue weighted by molar-refractivity contribution is 5.99. The molecule has 1 fully saturated rings. The van der Waals surface area contributed by atoms with Gasteiger partial charge in [0.2, 0.25) is 5.91 Å². The van der Waals surface area contributed by atoms with Gasteiger partial charge in [0.05, 0.1) is 23.8 Å². The first-order chi connectivity index (χ1) is 16.5. The minimum Gasteiger partial charge on any atom is -0.342 e. The number of likely N-dealkylation sites (tertiary alicyclic amines) is 1. The lowest BCUT2D eigenvalue weighted by atomic mass is 9.93. The molecule has 3 aromatic rings. The average molecular weight is 458 g/mol. The molecule has 2 aliphatic heterocycles. The number of carbonyl (C=O) groups is 2. The van der Waals surface area contributed by atoms with Crippen LogP contribution in [0.2, 0.25) is 0 Å². The summed E-state index contributed by atoms with van der Waals surface area (Å²) in [5, 5.41) is 4.75. The van der Waals surface area contributed by atoms with Crippen molar-refractivity contribution in [1.82, 2.24) is 24.6 Å². The Morgan fingerprint density at radius 3 is 2.41 bits per heavy atom. The molecule has 5 rings (SSSR count). The van der Waals surface area contributed by atoms with Gasteiger partial charge in [0.25, 0.3) is 5.91 Å². The van der Waals surface area contributed by atoms with Crippen molar-refractivity contribution < 1.29 is 9.59 Å². The van der Waals surface area contributed by atoms with E-state index in [1.54, 1.807) is 6.20 Å². The molecule has 0 bridgehead atoms. The molecule has 176 valence electrons. The van der Waals surface area contributed by atoms with Gasteiger partial charge in [0, 0.05) is 36.6 Å². The molecule has 1 unspecified atom stereocenters. The Hall–Kier alpha value is -3.48. The van der Waals surface area contributed by atoms with Gasteiger partial charge in [-0.2, -0.15) is 5.10 Å². The van der Waals surface area contributed by atoms with E-state index in [-0.39, 0.29) is 29.8 Å². The van der Waals surface area contributed by atoms with Gasteiger partial charge in [0.1, 0.15) is 5.69 Å². The van der Waals surface area contributed by atoms with Crippen LogP contribution in [0.5, 0.6) is 0 Å². The highest BCUT2D eigenvalue weighted by atomic mass is 16.2. The van der Waals surface area contributed by atoms with Crippen LogP contribution >= 0.6 is 0 Å². The third-order valence-electron chi connectivity index (χ3n) is 7.04. The maximum Gasteiger partial charge on any atom is 0.273 e. The lowest BCUT2D eigenvalue weighted by Gasteiger charge is -2.40. The van der Waals surface area contributed by atoms with Crippen molar-refractivity contribution in [2.24, 2.45) is 5.92 Å². The zero-order chi connectivity index (χ0) is 23.8. The molecule has 7 heteroatoms. The van der Waals surface area contributed by atoms with Crippen molar-refractivity contribution in [3.05, 3.63) is 77.4 Å². The molecule has 2 aromatic heterocycles. The quantitative estimate of drug-likeness (QED) is 0.581. The van der Waals surface area contributed by atoms with E-state index in [1.165, 1.54) is 0 Å². The molecular weight excluding hydrogens is 426 g/mol. The van der Waals surface area contributed by atoms with Gasteiger partial charge in [-0.15, -0.1) is 0 Å². The van der Waals surface area contributed by atoms with Crippen LogP contribution in [0.4, 0.5) is 0 Å². The van der Waals surface area contributed by atoms with Gasteiger partial charge >= 0.3 is 0 Å². The van der Waals surface area contributed by atoms with Crippen molar-refractivity contribution in [2.75, 3.05) is 13.1 Å². The van der Waals surface area contributed by atoms with Crippen LogP contribution < -0.4 is 0 Å². The molecular formula is C27H31N5O2. The third-order valence-corrected chi connectivity index (χ3v) is 7.04. The number of fused-ring (bicyclic) bond motifs is 1. The number of rotatable bonds is 5. The number of carbonyl (C=O) groups excluding carboxylic acids is 2. The van der Waals surface area contributed by atoms with E-state index >= 15 is 0 Å². The first-order valence-electron chi connectivity index (χ1n) is 12.1. The Kier molecular flexibility index (Phi) is 5.94. The van der Waals surface area contributed by atoms with E-state index in [2.05, 4.69) is 23.7 Å². The molecule has 0 radical (unpaired) electrons. The number of amides is 2.